The van der Waals surface area contributed by atoms with Gasteiger partial charge in [0, 0.05) is 13.7 Å². The van der Waals surface area contributed by atoms with Crippen molar-refractivity contribution in [2.45, 2.75) is 18.9 Å². The predicted octanol–water partition coefficient (Wildman–Crippen LogP) is 1.55. The fourth-order valence-corrected chi connectivity index (χ4v) is 2.24. The number of anilines is 1. The molecule has 1 aromatic carbocycles. The minimum Gasteiger partial charge on any atom is -0.383 e. The SMILES string of the molecule is CNc1cccc(C(=O)NC2CCCOC2)c1[N+](=O)[O-]. The van der Waals surface area contributed by atoms with E-state index >= 15 is 0 Å². The molecule has 1 fully saturated rings. The molecule has 1 heterocycles. The van der Waals surface area contributed by atoms with Crippen molar-refractivity contribution < 1.29 is 14.5 Å². The van der Waals surface area contributed by atoms with Crippen molar-refractivity contribution in [1.29, 1.82) is 0 Å². The molecule has 1 aromatic rings. The number of nitrogens with one attached hydrogen (secondary N) is 2. The van der Waals surface area contributed by atoms with E-state index < -0.39 is 10.8 Å². The van der Waals surface area contributed by atoms with E-state index in [1.807, 2.05) is 0 Å². The fourth-order valence-electron chi connectivity index (χ4n) is 2.24. The molecule has 1 saturated heterocycles. The molecule has 2 N–H and O–H groups in total. The zero-order chi connectivity index (χ0) is 14.5. The summed E-state index contributed by atoms with van der Waals surface area (Å²) in [7, 11) is 1.58. The molecule has 1 atom stereocenters. The normalized spacial score (nSPS) is 18.4. The topological polar surface area (TPSA) is 93.5 Å². The van der Waals surface area contributed by atoms with Crippen LogP contribution >= 0.6 is 0 Å². The number of rotatable bonds is 4. The van der Waals surface area contributed by atoms with Crippen LogP contribution in [0.25, 0.3) is 0 Å². The van der Waals surface area contributed by atoms with Gasteiger partial charge >= 0.3 is 5.69 Å². The average Bonchev–Trinajstić information content (AvgIpc) is 2.47. The van der Waals surface area contributed by atoms with E-state index in [2.05, 4.69) is 10.6 Å². The van der Waals surface area contributed by atoms with Crippen LogP contribution in [-0.2, 0) is 4.74 Å². The number of hydrogen-bond acceptors (Lipinski definition) is 5. The van der Waals surface area contributed by atoms with E-state index in [0.29, 0.717) is 18.9 Å². The summed E-state index contributed by atoms with van der Waals surface area (Å²) in [5.41, 5.74) is 0.180. The summed E-state index contributed by atoms with van der Waals surface area (Å²) in [6.07, 6.45) is 1.70. The van der Waals surface area contributed by atoms with Crippen molar-refractivity contribution in [3.05, 3.63) is 33.9 Å². The summed E-state index contributed by atoms with van der Waals surface area (Å²) in [6.45, 7) is 1.15. The van der Waals surface area contributed by atoms with Gasteiger partial charge in [-0.3, -0.25) is 14.9 Å². The molecule has 2 rings (SSSR count). The molecule has 0 bridgehead atoms. The van der Waals surface area contributed by atoms with Crippen molar-refractivity contribution in [1.82, 2.24) is 5.32 Å². The van der Waals surface area contributed by atoms with Crippen LogP contribution in [0.5, 0.6) is 0 Å². The standard InChI is InChI=1S/C13H17N3O4/c1-14-11-6-2-5-10(12(11)16(18)19)13(17)15-9-4-3-7-20-8-9/h2,5-6,9,14H,3-4,7-8H2,1H3,(H,15,17). The number of nitro groups is 1. The van der Waals surface area contributed by atoms with E-state index in [-0.39, 0.29) is 17.3 Å². The molecule has 1 amide bonds. The summed E-state index contributed by atoms with van der Waals surface area (Å²) in [4.78, 5) is 22.8. The maximum Gasteiger partial charge on any atom is 0.305 e. The third-order valence-electron chi connectivity index (χ3n) is 3.23. The molecular formula is C13H17N3O4. The van der Waals surface area contributed by atoms with Gasteiger partial charge in [0.25, 0.3) is 5.91 Å². The zero-order valence-corrected chi connectivity index (χ0v) is 11.2. The van der Waals surface area contributed by atoms with E-state index in [0.717, 1.165) is 12.8 Å². The Morgan fingerprint density at radius 1 is 1.50 bits per heavy atom. The third kappa shape index (κ3) is 3.05. The molecule has 108 valence electrons. The molecule has 1 unspecified atom stereocenters. The van der Waals surface area contributed by atoms with Gasteiger partial charge in [-0.05, 0) is 25.0 Å². The van der Waals surface area contributed by atoms with Crippen molar-refractivity contribution in [3.63, 3.8) is 0 Å². The van der Waals surface area contributed by atoms with Crippen LogP contribution in [0.3, 0.4) is 0 Å². The van der Waals surface area contributed by atoms with Crippen LogP contribution in [0.2, 0.25) is 0 Å². The van der Waals surface area contributed by atoms with Gasteiger partial charge in [-0.1, -0.05) is 6.07 Å². The van der Waals surface area contributed by atoms with Crippen molar-refractivity contribution in [2.75, 3.05) is 25.6 Å². The smallest absolute Gasteiger partial charge is 0.305 e. The first-order valence-electron chi connectivity index (χ1n) is 6.47. The molecule has 7 nitrogen and oxygen atoms in total. The number of ether oxygens (including phenoxy) is 1. The highest BCUT2D eigenvalue weighted by Gasteiger charge is 2.26. The van der Waals surface area contributed by atoms with Gasteiger partial charge in [-0.25, -0.2) is 0 Å². The number of nitrogens with zero attached hydrogens (tertiary/aromatic N) is 1. The molecular weight excluding hydrogens is 262 g/mol. The largest absolute Gasteiger partial charge is 0.383 e. The molecule has 0 aromatic heterocycles. The van der Waals surface area contributed by atoms with Crippen molar-refractivity contribution in [2.24, 2.45) is 0 Å². The summed E-state index contributed by atoms with van der Waals surface area (Å²) in [5, 5.41) is 16.7. The Bertz CT molecular complexity index is 512. The Labute approximate surface area is 116 Å². The van der Waals surface area contributed by atoms with E-state index in [9.17, 15) is 14.9 Å². The van der Waals surface area contributed by atoms with Crippen LogP contribution in [0.1, 0.15) is 23.2 Å². The lowest BCUT2D eigenvalue weighted by molar-refractivity contribution is -0.384. The molecule has 1 aliphatic heterocycles. The first-order valence-corrected chi connectivity index (χ1v) is 6.47. The molecule has 0 spiro atoms. The Balaban J connectivity index is 2.22. The average molecular weight is 279 g/mol. The van der Waals surface area contributed by atoms with Crippen LogP contribution in [-0.4, -0.2) is 37.1 Å². The Morgan fingerprint density at radius 2 is 2.30 bits per heavy atom. The number of benzene rings is 1. The molecule has 7 heteroatoms. The number of carbonyl (C=O) groups is 1. The molecule has 20 heavy (non-hydrogen) atoms. The number of carbonyl (C=O) groups excluding carboxylic acids is 1. The van der Waals surface area contributed by atoms with Gasteiger partial charge in [0.1, 0.15) is 11.3 Å². The monoisotopic (exact) mass is 279 g/mol. The van der Waals surface area contributed by atoms with Gasteiger partial charge < -0.3 is 15.4 Å². The van der Waals surface area contributed by atoms with Crippen LogP contribution in [0.4, 0.5) is 11.4 Å². The summed E-state index contributed by atoms with van der Waals surface area (Å²) in [5.74, 6) is -0.440. The highest BCUT2D eigenvalue weighted by atomic mass is 16.6. The maximum atomic E-state index is 12.2. The van der Waals surface area contributed by atoms with Gasteiger partial charge in [0.05, 0.1) is 17.6 Å². The lowest BCUT2D eigenvalue weighted by atomic mass is 10.1. The summed E-state index contributed by atoms with van der Waals surface area (Å²) >= 11 is 0. The Hall–Kier alpha value is -2.15. The van der Waals surface area contributed by atoms with E-state index in [4.69, 9.17) is 4.74 Å². The van der Waals surface area contributed by atoms with Gasteiger partial charge in [0.15, 0.2) is 0 Å². The highest BCUT2D eigenvalue weighted by molar-refractivity contribution is 6.00. The third-order valence-corrected chi connectivity index (χ3v) is 3.23. The molecule has 0 saturated carbocycles. The second-order valence-corrected chi connectivity index (χ2v) is 4.60. The molecule has 0 aliphatic carbocycles. The molecule has 0 radical (unpaired) electrons. The van der Waals surface area contributed by atoms with E-state index in [1.54, 1.807) is 19.2 Å². The van der Waals surface area contributed by atoms with Crippen molar-refractivity contribution >= 4 is 17.3 Å². The number of para-hydroxylation sites is 1. The fraction of sp³-hybridized carbons (Fsp3) is 0.462. The minimum absolute atomic E-state index is 0.0624. The summed E-state index contributed by atoms with van der Waals surface area (Å²) in [6, 6.07) is 4.55. The zero-order valence-electron chi connectivity index (χ0n) is 11.2. The lowest BCUT2D eigenvalue weighted by Crippen LogP contribution is -2.40. The van der Waals surface area contributed by atoms with Crippen LogP contribution < -0.4 is 10.6 Å². The minimum atomic E-state index is -0.544. The first-order chi connectivity index (χ1) is 9.63. The predicted molar refractivity (Wildman–Crippen MR) is 74.0 cm³/mol. The van der Waals surface area contributed by atoms with Crippen LogP contribution in [0, 0.1) is 10.1 Å². The lowest BCUT2D eigenvalue weighted by Gasteiger charge is -2.23. The molecule has 1 aliphatic rings. The Morgan fingerprint density at radius 3 is 2.90 bits per heavy atom. The van der Waals surface area contributed by atoms with Crippen LogP contribution in [0.15, 0.2) is 18.2 Å². The number of hydrogen-bond donors (Lipinski definition) is 2. The van der Waals surface area contributed by atoms with E-state index in [1.165, 1.54) is 6.07 Å². The highest BCUT2D eigenvalue weighted by Crippen LogP contribution is 2.28. The second kappa shape index (κ2) is 6.33. The Kier molecular flexibility index (Phi) is 4.52. The van der Waals surface area contributed by atoms with Crippen molar-refractivity contribution in [3.8, 4) is 0 Å². The summed E-state index contributed by atoms with van der Waals surface area (Å²) < 4.78 is 5.28. The second-order valence-electron chi connectivity index (χ2n) is 4.60. The van der Waals surface area contributed by atoms with Gasteiger partial charge in [0.2, 0.25) is 0 Å². The quantitative estimate of drug-likeness (QED) is 0.644. The number of nitro benzene ring substituents is 1. The maximum absolute atomic E-state index is 12.2. The van der Waals surface area contributed by atoms with Gasteiger partial charge in [-0.15, -0.1) is 0 Å². The first kappa shape index (κ1) is 14.3. The number of amides is 1. The van der Waals surface area contributed by atoms with Gasteiger partial charge in [-0.2, -0.15) is 0 Å².